The van der Waals surface area contributed by atoms with Gasteiger partial charge in [0.05, 0.1) is 11.5 Å². The van der Waals surface area contributed by atoms with Gasteiger partial charge in [0, 0.05) is 28.6 Å². The standard InChI is InChI=1S/C26H23FN4O3/c1-15-4-5-16(11-30-15)17-8-20-23(21(27)9-17)34-22-7-6-18(32-13-25(2,3)12-28)10-19(22)26(20)14-33-24(29)31-26/h4-11H,13-14H2,1-3H3,(H2,29,31)/t26-/m0/s1. The molecule has 1 spiro atoms. The van der Waals surface area contributed by atoms with Gasteiger partial charge in [-0.1, -0.05) is 6.07 Å². The Morgan fingerprint density at radius 1 is 1.18 bits per heavy atom. The number of nitrogens with zero attached hydrogens (tertiary/aromatic N) is 3. The maximum Gasteiger partial charge on any atom is 0.283 e. The summed E-state index contributed by atoms with van der Waals surface area (Å²) < 4.78 is 32.8. The molecule has 0 saturated carbocycles. The molecule has 8 heteroatoms. The van der Waals surface area contributed by atoms with Crippen molar-refractivity contribution in [3.63, 3.8) is 0 Å². The summed E-state index contributed by atoms with van der Waals surface area (Å²) in [5, 5.41) is 9.29. The third kappa shape index (κ3) is 3.59. The third-order valence-electron chi connectivity index (χ3n) is 5.97. The predicted molar refractivity (Wildman–Crippen MR) is 124 cm³/mol. The number of fused-ring (bicyclic) bond motifs is 4. The Labute approximate surface area is 196 Å². The molecule has 0 saturated heterocycles. The minimum atomic E-state index is -1.11. The zero-order valence-corrected chi connectivity index (χ0v) is 19.1. The Kier molecular flexibility index (Phi) is 4.94. The largest absolute Gasteiger partial charge is 0.492 e. The first-order valence-electron chi connectivity index (χ1n) is 10.8. The van der Waals surface area contributed by atoms with Crippen molar-refractivity contribution in [2.45, 2.75) is 26.3 Å². The molecule has 0 unspecified atom stereocenters. The predicted octanol–water partition coefficient (Wildman–Crippen LogP) is 4.82. The zero-order chi connectivity index (χ0) is 24.1. The van der Waals surface area contributed by atoms with E-state index in [9.17, 15) is 5.26 Å². The number of rotatable bonds is 4. The lowest BCUT2D eigenvalue weighted by Gasteiger charge is -2.34. The van der Waals surface area contributed by atoms with E-state index in [4.69, 9.17) is 19.9 Å². The number of hydrogen-bond donors (Lipinski definition) is 1. The highest BCUT2D eigenvalue weighted by Crippen LogP contribution is 2.53. The minimum Gasteiger partial charge on any atom is -0.492 e. The van der Waals surface area contributed by atoms with Crippen molar-refractivity contribution in [1.82, 2.24) is 4.98 Å². The van der Waals surface area contributed by atoms with E-state index in [-0.39, 0.29) is 25.0 Å². The second-order valence-corrected chi connectivity index (χ2v) is 9.17. The smallest absolute Gasteiger partial charge is 0.283 e. The lowest BCUT2D eigenvalue weighted by molar-refractivity contribution is 0.225. The van der Waals surface area contributed by atoms with Gasteiger partial charge in [0.1, 0.15) is 24.7 Å². The topological polar surface area (TPSA) is 103 Å². The summed E-state index contributed by atoms with van der Waals surface area (Å²) >= 11 is 0. The number of halogens is 1. The minimum absolute atomic E-state index is 0.0125. The Bertz CT molecular complexity index is 1360. The fourth-order valence-electron chi connectivity index (χ4n) is 4.08. The number of amidine groups is 1. The van der Waals surface area contributed by atoms with Gasteiger partial charge in [0.25, 0.3) is 6.02 Å². The molecule has 3 aromatic rings. The summed E-state index contributed by atoms with van der Waals surface area (Å²) in [5.41, 5.74) is 7.60. The van der Waals surface area contributed by atoms with Crippen LogP contribution >= 0.6 is 0 Å². The molecular weight excluding hydrogens is 435 g/mol. The molecule has 0 bridgehead atoms. The second kappa shape index (κ2) is 7.73. The van der Waals surface area contributed by atoms with Gasteiger partial charge in [-0.2, -0.15) is 5.26 Å². The number of ether oxygens (including phenoxy) is 3. The van der Waals surface area contributed by atoms with E-state index < -0.39 is 16.8 Å². The van der Waals surface area contributed by atoms with E-state index in [1.165, 1.54) is 6.07 Å². The molecule has 0 amide bonds. The molecule has 172 valence electrons. The van der Waals surface area contributed by atoms with Crippen LogP contribution in [0.3, 0.4) is 0 Å². The number of aryl methyl sites for hydroxylation is 1. The average Bonchev–Trinajstić information content (AvgIpc) is 3.21. The van der Waals surface area contributed by atoms with Gasteiger partial charge in [-0.3, -0.25) is 4.98 Å². The first kappa shape index (κ1) is 21.7. The maximum absolute atomic E-state index is 15.4. The van der Waals surface area contributed by atoms with Crippen molar-refractivity contribution < 1.29 is 18.6 Å². The van der Waals surface area contributed by atoms with Crippen molar-refractivity contribution in [3.05, 3.63) is 71.3 Å². The van der Waals surface area contributed by atoms with Gasteiger partial charge in [0.15, 0.2) is 17.1 Å². The summed E-state index contributed by atoms with van der Waals surface area (Å²) in [7, 11) is 0. The molecular formula is C26H23FN4O3. The van der Waals surface area contributed by atoms with Gasteiger partial charge in [-0.05, 0) is 62.7 Å². The van der Waals surface area contributed by atoms with Crippen LogP contribution in [0.4, 0.5) is 4.39 Å². The van der Waals surface area contributed by atoms with E-state index in [2.05, 4.69) is 16.0 Å². The van der Waals surface area contributed by atoms with Crippen LogP contribution in [-0.4, -0.2) is 24.2 Å². The maximum atomic E-state index is 15.4. The molecule has 1 atom stereocenters. The summed E-state index contributed by atoms with van der Waals surface area (Å²) in [5.74, 6) is 0.533. The van der Waals surface area contributed by atoms with Crippen LogP contribution in [0.1, 0.15) is 30.7 Å². The molecule has 2 aliphatic heterocycles. The fourth-order valence-corrected chi connectivity index (χ4v) is 4.08. The van der Waals surface area contributed by atoms with Crippen molar-refractivity contribution >= 4 is 6.02 Å². The molecule has 7 nitrogen and oxygen atoms in total. The molecule has 3 heterocycles. The Hall–Kier alpha value is -4.12. The third-order valence-corrected chi connectivity index (χ3v) is 5.97. The number of nitrogens with two attached hydrogens (primary N) is 1. The molecule has 0 aliphatic carbocycles. The normalized spacial score (nSPS) is 18.3. The highest BCUT2D eigenvalue weighted by molar-refractivity contribution is 5.78. The van der Waals surface area contributed by atoms with Crippen LogP contribution < -0.4 is 15.2 Å². The van der Waals surface area contributed by atoms with E-state index in [1.807, 2.05) is 25.1 Å². The first-order valence-corrected chi connectivity index (χ1v) is 10.8. The molecule has 2 aliphatic rings. The summed E-state index contributed by atoms with van der Waals surface area (Å²) in [4.78, 5) is 8.95. The summed E-state index contributed by atoms with van der Waals surface area (Å²) in [6.45, 7) is 5.78. The highest BCUT2D eigenvalue weighted by Gasteiger charge is 2.48. The molecule has 2 aromatic carbocycles. The molecule has 34 heavy (non-hydrogen) atoms. The van der Waals surface area contributed by atoms with Crippen molar-refractivity contribution in [3.8, 4) is 34.4 Å². The summed E-state index contributed by atoms with van der Waals surface area (Å²) in [6.07, 6.45) is 1.70. The van der Waals surface area contributed by atoms with Crippen LogP contribution in [0.25, 0.3) is 11.1 Å². The van der Waals surface area contributed by atoms with Crippen LogP contribution in [0.2, 0.25) is 0 Å². The van der Waals surface area contributed by atoms with E-state index in [1.54, 1.807) is 38.2 Å². The number of nitriles is 1. The van der Waals surface area contributed by atoms with Gasteiger partial charge in [-0.25, -0.2) is 9.38 Å². The van der Waals surface area contributed by atoms with Gasteiger partial charge < -0.3 is 19.9 Å². The van der Waals surface area contributed by atoms with Crippen LogP contribution in [-0.2, 0) is 10.3 Å². The quantitative estimate of drug-likeness (QED) is 0.601. The van der Waals surface area contributed by atoms with Crippen molar-refractivity contribution in [1.29, 1.82) is 5.26 Å². The Balaban J connectivity index is 1.64. The monoisotopic (exact) mass is 458 g/mol. The number of aliphatic imine (C=N–C) groups is 1. The number of hydrogen-bond acceptors (Lipinski definition) is 7. The van der Waals surface area contributed by atoms with E-state index in [0.717, 1.165) is 11.3 Å². The number of aromatic nitrogens is 1. The average molecular weight is 458 g/mol. The highest BCUT2D eigenvalue weighted by atomic mass is 19.1. The second-order valence-electron chi connectivity index (χ2n) is 9.17. The van der Waals surface area contributed by atoms with Crippen LogP contribution in [0.15, 0.2) is 53.7 Å². The van der Waals surface area contributed by atoms with Gasteiger partial charge in [-0.15, -0.1) is 0 Å². The summed E-state index contributed by atoms with van der Waals surface area (Å²) in [6, 6.07) is 14.5. The Morgan fingerprint density at radius 2 is 2.00 bits per heavy atom. The van der Waals surface area contributed by atoms with E-state index in [0.29, 0.717) is 28.2 Å². The van der Waals surface area contributed by atoms with Crippen LogP contribution in [0, 0.1) is 29.5 Å². The fraction of sp³-hybridized carbons (Fsp3) is 0.269. The molecule has 0 fully saturated rings. The van der Waals surface area contributed by atoms with Gasteiger partial charge >= 0.3 is 0 Å². The van der Waals surface area contributed by atoms with Crippen molar-refractivity contribution in [2.24, 2.45) is 16.1 Å². The lowest BCUT2D eigenvalue weighted by Crippen LogP contribution is -2.31. The number of benzene rings is 2. The van der Waals surface area contributed by atoms with E-state index >= 15 is 4.39 Å². The van der Waals surface area contributed by atoms with Crippen LogP contribution in [0.5, 0.6) is 17.2 Å². The first-order chi connectivity index (χ1) is 16.2. The Morgan fingerprint density at radius 3 is 2.68 bits per heavy atom. The van der Waals surface area contributed by atoms with Gasteiger partial charge in [0.2, 0.25) is 0 Å². The molecule has 5 rings (SSSR count). The van der Waals surface area contributed by atoms with Crippen molar-refractivity contribution in [2.75, 3.05) is 13.2 Å². The molecule has 1 aromatic heterocycles. The zero-order valence-electron chi connectivity index (χ0n) is 19.1. The lowest BCUT2D eigenvalue weighted by atomic mass is 9.80. The molecule has 0 radical (unpaired) electrons. The SMILES string of the molecule is Cc1ccc(-c2cc(F)c3c(c2)[C@]2(COC(N)=N2)c2cc(OCC(C)(C)C#N)ccc2O3)cn1. The molecule has 2 N–H and O–H groups in total. The number of pyridine rings is 1.